The molecule has 0 radical (unpaired) electrons. The van der Waals surface area contributed by atoms with E-state index in [9.17, 15) is 4.79 Å². The summed E-state index contributed by atoms with van der Waals surface area (Å²) in [5, 5.41) is 4.30. The standard InChI is InChI=1S/C16H20N2O3/c1-16(2)20-10-13(21-16)9-17-8-12-7-11-5-3-4-6-14(11)18-15(12)19/h3-7,13,17H,8-10H2,1-2H3,(H,18,19). The van der Waals surface area contributed by atoms with Crippen molar-refractivity contribution in [3.63, 3.8) is 0 Å². The smallest absolute Gasteiger partial charge is 0.252 e. The van der Waals surface area contributed by atoms with Crippen molar-refractivity contribution in [1.29, 1.82) is 0 Å². The molecule has 5 heteroatoms. The van der Waals surface area contributed by atoms with Crippen LogP contribution in [0.2, 0.25) is 0 Å². The lowest BCUT2D eigenvalue weighted by Crippen LogP contribution is -2.31. The van der Waals surface area contributed by atoms with Crippen molar-refractivity contribution in [3.8, 4) is 0 Å². The highest BCUT2D eigenvalue weighted by Crippen LogP contribution is 2.21. The summed E-state index contributed by atoms with van der Waals surface area (Å²) in [6, 6.07) is 9.70. The van der Waals surface area contributed by atoms with E-state index in [1.54, 1.807) is 0 Å². The van der Waals surface area contributed by atoms with Gasteiger partial charge in [0.25, 0.3) is 5.56 Å². The number of fused-ring (bicyclic) bond motifs is 1. The normalized spacial score (nSPS) is 21.0. The fourth-order valence-corrected chi connectivity index (χ4v) is 2.56. The molecule has 2 aromatic rings. The van der Waals surface area contributed by atoms with Gasteiger partial charge in [-0.25, -0.2) is 0 Å². The molecule has 1 aliphatic heterocycles. The molecule has 21 heavy (non-hydrogen) atoms. The van der Waals surface area contributed by atoms with E-state index < -0.39 is 5.79 Å². The van der Waals surface area contributed by atoms with E-state index in [-0.39, 0.29) is 11.7 Å². The second-order valence-electron chi connectivity index (χ2n) is 5.79. The van der Waals surface area contributed by atoms with Crippen molar-refractivity contribution >= 4 is 10.9 Å². The number of H-pyrrole nitrogens is 1. The number of nitrogens with one attached hydrogen (secondary N) is 2. The lowest BCUT2D eigenvalue weighted by molar-refractivity contribution is -0.137. The minimum Gasteiger partial charge on any atom is -0.348 e. The van der Waals surface area contributed by atoms with Crippen LogP contribution in [0.25, 0.3) is 10.9 Å². The minimum absolute atomic E-state index is 0.0274. The topological polar surface area (TPSA) is 63.3 Å². The number of para-hydroxylation sites is 1. The number of pyridine rings is 1. The van der Waals surface area contributed by atoms with Crippen molar-refractivity contribution in [2.75, 3.05) is 13.2 Å². The second kappa shape index (κ2) is 5.60. The van der Waals surface area contributed by atoms with Crippen LogP contribution in [0.15, 0.2) is 35.1 Å². The molecule has 1 atom stereocenters. The largest absolute Gasteiger partial charge is 0.348 e. The summed E-state index contributed by atoms with van der Waals surface area (Å²) in [5.74, 6) is -0.507. The fraction of sp³-hybridized carbons (Fsp3) is 0.438. The Bertz CT molecular complexity index is 693. The summed E-state index contributed by atoms with van der Waals surface area (Å²) in [5.41, 5.74) is 1.54. The van der Waals surface area contributed by atoms with Gasteiger partial charge in [0.2, 0.25) is 0 Å². The molecule has 1 unspecified atom stereocenters. The molecular weight excluding hydrogens is 268 g/mol. The molecule has 0 aliphatic carbocycles. The number of aromatic amines is 1. The van der Waals surface area contributed by atoms with Gasteiger partial charge in [0, 0.05) is 24.2 Å². The number of rotatable bonds is 4. The maximum atomic E-state index is 12.0. The Hall–Kier alpha value is -1.69. The number of ether oxygens (including phenoxy) is 2. The van der Waals surface area contributed by atoms with Crippen molar-refractivity contribution < 1.29 is 9.47 Å². The molecule has 2 N–H and O–H groups in total. The maximum Gasteiger partial charge on any atom is 0.252 e. The Morgan fingerprint density at radius 1 is 1.38 bits per heavy atom. The highest BCUT2D eigenvalue weighted by atomic mass is 16.7. The highest BCUT2D eigenvalue weighted by Gasteiger charge is 2.32. The monoisotopic (exact) mass is 288 g/mol. The lowest BCUT2D eigenvalue weighted by Gasteiger charge is -2.17. The molecule has 3 rings (SSSR count). The molecule has 112 valence electrons. The van der Waals surface area contributed by atoms with Gasteiger partial charge in [-0.1, -0.05) is 18.2 Å². The van der Waals surface area contributed by atoms with Crippen LogP contribution in [0, 0.1) is 0 Å². The molecule has 1 fully saturated rings. The summed E-state index contributed by atoms with van der Waals surface area (Å²) in [4.78, 5) is 14.9. The molecule has 1 aromatic carbocycles. The number of hydrogen-bond acceptors (Lipinski definition) is 4. The van der Waals surface area contributed by atoms with E-state index in [1.807, 2.05) is 44.2 Å². The maximum absolute atomic E-state index is 12.0. The van der Waals surface area contributed by atoms with Crippen LogP contribution in [0.5, 0.6) is 0 Å². The summed E-state index contributed by atoms with van der Waals surface area (Å²) in [6.45, 7) is 5.56. The number of benzene rings is 1. The first-order chi connectivity index (χ1) is 10.0. The van der Waals surface area contributed by atoms with Crippen molar-refractivity contribution in [2.24, 2.45) is 0 Å². The van der Waals surface area contributed by atoms with Gasteiger partial charge in [-0.05, 0) is 31.4 Å². The molecule has 0 amide bonds. The zero-order chi connectivity index (χ0) is 14.9. The molecule has 0 spiro atoms. The van der Waals surface area contributed by atoms with Crippen LogP contribution in [0.3, 0.4) is 0 Å². The predicted molar refractivity (Wildman–Crippen MR) is 81.2 cm³/mol. The van der Waals surface area contributed by atoms with E-state index in [2.05, 4.69) is 10.3 Å². The summed E-state index contributed by atoms with van der Waals surface area (Å²) >= 11 is 0. The van der Waals surface area contributed by atoms with E-state index in [0.717, 1.165) is 16.5 Å². The molecule has 0 saturated carbocycles. The van der Waals surface area contributed by atoms with Crippen LogP contribution < -0.4 is 10.9 Å². The van der Waals surface area contributed by atoms with Gasteiger partial charge >= 0.3 is 0 Å². The molecule has 1 saturated heterocycles. The third kappa shape index (κ3) is 3.32. The van der Waals surface area contributed by atoms with Gasteiger partial charge in [-0.2, -0.15) is 0 Å². The van der Waals surface area contributed by atoms with Crippen molar-refractivity contribution in [3.05, 3.63) is 46.2 Å². The first kappa shape index (κ1) is 14.3. The summed E-state index contributed by atoms with van der Waals surface area (Å²) in [7, 11) is 0. The third-order valence-corrected chi connectivity index (χ3v) is 3.59. The van der Waals surface area contributed by atoms with Gasteiger partial charge in [0.1, 0.15) is 0 Å². The number of hydrogen-bond donors (Lipinski definition) is 2. The SMILES string of the molecule is CC1(C)OCC(CNCc2cc3ccccc3[nH]c2=O)O1. The Morgan fingerprint density at radius 2 is 2.19 bits per heavy atom. The van der Waals surface area contributed by atoms with Crippen LogP contribution >= 0.6 is 0 Å². The van der Waals surface area contributed by atoms with Gasteiger partial charge in [-0.3, -0.25) is 4.79 Å². The second-order valence-corrected chi connectivity index (χ2v) is 5.79. The average Bonchev–Trinajstić information content (AvgIpc) is 2.79. The molecular formula is C16H20N2O3. The fourth-order valence-electron chi connectivity index (χ4n) is 2.56. The zero-order valence-corrected chi connectivity index (χ0v) is 12.3. The first-order valence-electron chi connectivity index (χ1n) is 7.17. The molecule has 1 aromatic heterocycles. The van der Waals surface area contributed by atoms with Gasteiger partial charge in [0.15, 0.2) is 5.79 Å². The van der Waals surface area contributed by atoms with E-state index in [0.29, 0.717) is 19.7 Å². The highest BCUT2D eigenvalue weighted by molar-refractivity contribution is 5.78. The van der Waals surface area contributed by atoms with Gasteiger partial charge < -0.3 is 19.8 Å². The van der Waals surface area contributed by atoms with E-state index >= 15 is 0 Å². The average molecular weight is 288 g/mol. The van der Waals surface area contributed by atoms with Crippen LogP contribution in [-0.2, 0) is 16.0 Å². The van der Waals surface area contributed by atoms with Gasteiger partial charge in [-0.15, -0.1) is 0 Å². The summed E-state index contributed by atoms with van der Waals surface area (Å²) < 4.78 is 11.2. The minimum atomic E-state index is -0.507. The van der Waals surface area contributed by atoms with Crippen LogP contribution in [0.1, 0.15) is 19.4 Å². The first-order valence-corrected chi connectivity index (χ1v) is 7.17. The summed E-state index contributed by atoms with van der Waals surface area (Å²) in [6.07, 6.45) is 0.0274. The molecule has 5 nitrogen and oxygen atoms in total. The molecule has 2 heterocycles. The Morgan fingerprint density at radius 3 is 2.95 bits per heavy atom. The number of aromatic nitrogens is 1. The zero-order valence-electron chi connectivity index (χ0n) is 12.3. The Kier molecular flexibility index (Phi) is 3.80. The molecule has 1 aliphatic rings. The lowest BCUT2D eigenvalue weighted by atomic mass is 10.1. The predicted octanol–water partition coefficient (Wildman–Crippen LogP) is 1.77. The Balaban J connectivity index is 1.63. The van der Waals surface area contributed by atoms with Crippen molar-refractivity contribution in [1.82, 2.24) is 10.3 Å². The van der Waals surface area contributed by atoms with E-state index in [1.165, 1.54) is 0 Å². The molecule has 0 bridgehead atoms. The van der Waals surface area contributed by atoms with Gasteiger partial charge in [0.05, 0.1) is 12.7 Å². The third-order valence-electron chi connectivity index (χ3n) is 3.59. The Labute approximate surface area is 123 Å². The van der Waals surface area contributed by atoms with E-state index in [4.69, 9.17) is 9.47 Å². The van der Waals surface area contributed by atoms with Crippen LogP contribution in [0.4, 0.5) is 0 Å². The quantitative estimate of drug-likeness (QED) is 0.900. The van der Waals surface area contributed by atoms with Crippen molar-refractivity contribution in [2.45, 2.75) is 32.3 Å². The van der Waals surface area contributed by atoms with Crippen LogP contribution in [-0.4, -0.2) is 30.0 Å².